The highest BCUT2D eigenvalue weighted by atomic mass is 32.2. The van der Waals surface area contributed by atoms with Crippen molar-refractivity contribution in [3.63, 3.8) is 0 Å². The SMILES string of the molecule is C[C@H]1Cc2nc(SCC(=O)N3CCc4ccccc43)n(Cc3ccccc3)c(=O)c2S1. The molecule has 7 heteroatoms. The number of hydrogen-bond donors (Lipinski definition) is 0. The fraction of sp³-hybridized carbons (Fsp3) is 0.292. The quantitative estimate of drug-likeness (QED) is 0.435. The Morgan fingerprint density at radius 2 is 1.94 bits per heavy atom. The van der Waals surface area contributed by atoms with Gasteiger partial charge in [-0.1, -0.05) is 67.2 Å². The number of carbonyl (C=O) groups excluding carboxylic acids is 1. The zero-order valence-corrected chi connectivity index (χ0v) is 18.9. The molecule has 3 heterocycles. The Labute approximate surface area is 189 Å². The summed E-state index contributed by atoms with van der Waals surface area (Å²) in [7, 11) is 0. The second-order valence-electron chi connectivity index (χ2n) is 7.89. The maximum absolute atomic E-state index is 13.3. The van der Waals surface area contributed by atoms with Crippen molar-refractivity contribution in [2.75, 3.05) is 17.2 Å². The molecule has 3 aromatic rings. The van der Waals surface area contributed by atoms with Gasteiger partial charge in [0.05, 0.1) is 22.9 Å². The van der Waals surface area contributed by atoms with Crippen molar-refractivity contribution >= 4 is 35.1 Å². The molecule has 0 bridgehead atoms. The molecule has 158 valence electrons. The number of fused-ring (bicyclic) bond motifs is 2. The number of rotatable bonds is 5. The lowest BCUT2D eigenvalue weighted by atomic mass is 10.2. The number of thioether (sulfide) groups is 2. The van der Waals surface area contributed by atoms with E-state index >= 15 is 0 Å². The Kier molecular flexibility index (Phi) is 5.63. The number of aromatic nitrogens is 2. The molecule has 0 saturated carbocycles. The third kappa shape index (κ3) is 4.04. The van der Waals surface area contributed by atoms with E-state index in [9.17, 15) is 9.59 Å². The van der Waals surface area contributed by atoms with Gasteiger partial charge in [-0.25, -0.2) is 4.98 Å². The molecular weight excluding hydrogens is 426 g/mol. The van der Waals surface area contributed by atoms with Crippen LogP contribution >= 0.6 is 23.5 Å². The van der Waals surface area contributed by atoms with Crippen molar-refractivity contribution in [2.24, 2.45) is 0 Å². The highest BCUT2D eigenvalue weighted by Crippen LogP contribution is 2.34. The van der Waals surface area contributed by atoms with Crippen LogP contribution in [0.1, 0.15) is 23.7 Å². The first-order valence-electron chi connectivity index (χ1n) is 10.5. The van der Waals surface area contributed by atoms with Crippen LogP contribution < -0.4 is 10.5 Å². The molecule has 1 atom stereocenters. The summed E-state index contributed by atoms with van der Waals surface area (Å²) in [5.41, 5.74) is 4.13. The van der Waals surface area contributed by atoms with E-state index in [1.165, 1.54) is 17.3 Å². The molecule has 31 heavy (non-hydrogen) atoms. The molecule has 0 radical (unpaired) electrons. The fourth-order valence-electron chi connectivity index (χ4n) is 4.15. The normalized spacial score (nSPS) is 16.9. The molecule has 2 aliphatic rings. The van der Waals surface area contributed by atoms with E-state index < -0.39 is 0 Å². The third-order valence-electron chi connectivity index (χ3n) is 5.66. The minimum Gasteiger partial charge on any atom is -0.311 e. The monoisotopic (exact) mass is 449 g/mol. The number of nitrogens with zero attached hydrogens (tertiary/aromatic N) is 3. The Balaban J connectivity index is 1.42. The van der Waals surface area contributed by atoms with Gasteiger partial charge in [0, 0.05) is 23.9 Å². The van der Waals surface area contributed by atoms with Crippen LogP contribution in [0.4, 0.5) is 5.69 Å². The zero-order chi connectivity index (χ0) is 21.4. The second kappa shape index (κ2) is 8.55. The van der Waals surface area contributed by atoms with Gasteiger partial charge in [-0.15, -0.1) is 11.8 Å². The van der Waals surface area contributed by atoms with E-state index in [2.05, 4.69) is 13.0 Å². The maximum Gasteiger partial charge on any atom is 0.268 e. The topological polar surface area (TPSA) is 55.2 Å². The number of carbonyl (C=O) groups is 1. The van der Waals surface area contributed by atoms with Crippen LogP contribution in [0.15, 0.2) is 69.4 Å². The van der Waals surface area contributed by atoms with Crippen molar-refractivity contribution in [3.8, 4) is 0 Å². The van der Waals surface area contributed by atoms with Gasteiger partial charge in [-0.2, -0.15) is 0 Å². The summed E-state index contributed by atoms with van der Waals surface area (Å²) in [6.45, 7) is 3.29. The van der Waals surface area contributed by atoms with Crippen molar-refractivity contribution in [1.29, 1.82) is 0 Å². The highest BCUT2D eigenvalue weighted by Gasteiger charge is 2.28. The Hall–Kier alpha value is -2.51. The molecule has 2 aliphatic heterocycles. The van der Waals surface area contributed by atoms with Gasteiger partial charge in [0.15, 0.2) is 5.16 Å². The first-order chi connectivity index (χ1) is 15.1. The number of anilines is 1. The number of benzene rings is 2. The van der Waals surface area contributed by atoms with E-state index in [4.69, 9.17) is 4.98 Å². The van der Waals surface area contributed by atoms with Gasteiger partial charge < -0.3 is 4.90 Å². The molecule has 5 nitrogen and oxygen atoms in total. The Morgan fingerprint density at radius 1 is 1.16 bits per heavy atom. The smallest absolute Gasteiger partial charge is 0.268 e. The summed E-state index contributed by atoms with van der Waals surface area (Å²) in [6, 6.07) is 18.0. The minimum atomic E-state index is 0.00432. The average molecular weight is 450 g/mol. The number of amides is 1. The van der Waals surface area contributed by atoms with E-state index in [1.807, 2.05) is 53.4 Å². The lowest BCUT2D eigenvalue weighted by Gasteiger charge is -2.18. The van der Waals surface area contributed by atoms with Crippen molar-refractivity contribution < 1.29 is 4.79 Å². The number of para-hydroxylation sites is 1. The van der Waals surface area contributed by atoms with Crippen LogP contribution in [0.3, 0.4) is 0 Å². The van der Waals surface area contributed by atoms with E-state index in [0.29, 0.717) is 23.5 Å². The Morgan fingerprint density at radius 3 is 2.77 bits per heavy atom. The third-order valence-corrected chi connectivity index (χ3v) is 7.84. The van der Waals surface area contributed by atoms with Gasteiger partial charge in [-0.05, 0) is 23.6 Å². The molecule has 0 spiro atoms. The van der Waals surface area contributed by atoms with E-state index in [-0.39, 0.29) is 17.2 Å². The van der Waals surface area contributed by atoms with Crippen LogP contribution in [0, 0.1) is 0 Å². The predicted molar refractivity (Wildman–Crippen MR) is 126 cm³/mol. The van der Waals surface area contributed by atoms with Gasteiger partial charge in [-0.3, -0.25) is 14.2 Å². The van der Waals surface area contributed by atoms with Crippen LogP contribution in [0.25, 0.3) is 0 Å². The molecule has 0 N–H and O–H groups in total. The molecular formula is C24H23N3O2S2. The molecule has 0 unspecified atom stereocenters. The summed E-state index contributed by atoms with van der Waals surface area (Å²) in [4.78, 5) is 33.7. The summed E-state index contributed by atoms with van der Waals surface area (Å²) in [5, 5.41) is 0.978. The minimum absolute atomic E-state index is 0.00432. The summed E-state index contributed by atoms with van der Waals surface area (Å²) >= 11 is 2.98. The zero-order valence-electron chi connectivity index (χ0n) is 17.3. The highest BCUT2D eigenvalue weighted by molar-refractivity contribution is 8.00. The van der Waals surface area contributed by atoms with Crippen LogP contribution in [-0.2, 0) is 24.2 Å². The summed E-state index contributed by atoms with van der Waals surface area (Å²) in [6.07, 6.45) is 1.68. The van der Waals surface area contributed by atoms with Crippen LogP contribution in [-0.4, -0.2) is 33.0 Å². The van der Waals surface area contributed by atoms with Crippen molar-refractivity contribution in [1.82, 2.24) is 9.55 Å². The van der Waals surface area contributed by atoms with Gasteiger partial charge in [0.25, 0.3) is 5.56 Å². The predicted octanol–water partition coefficient (Wildman–Crippen LogP) is 4.01. The molecule has 5 rings (SSSR count). The van der Waals surface area contributed by atoms with E-state index in [1.54, 1.807) is 16.3 Å². The maximum atomic E-state index is 13.3. The van der Waals surface area contributed by atoms with Gasteiger partial charge in [0.2, 0.25) is 5.91 Å². The summed E-state index contributed by atoms with van der Waals surface area (Å²) < 4.78 is 1.73. The standard InChI is InChI=1S/C24H23N3O2S2/c1-16-13-19-22(31-16)23(29)27(14-17-7-3-2-4-8-17)24(25-19)30-15-21(28)26-12-11-18-9-5-6-10-20(18)26/h2-10,16H,11-15H2,1H3/t16-/m0/s1. The second-order valence-corrected chi connectivity index (χ2v) is 10.3. The Bertz CT molecular complexity index is 1190. The average Bonchev–Trinajstić information content (AvgIpc) is 3.38. The van der Waals surface area contributed by atoms with Gasteiger partial charge >= 0.3 is 0 Å². The molecule has 0 aliphatic carbocycles. The van der Waals surface area contributed by atoms with Crippen molar-refractivity contribution in [2.45, 2.75) is 41.6 Å². The lowest BCUT2D eigenvalue weighted by Crippen LogP contribution is -2.31. The summed E-state index contributed by atoms with van der Waals surface area (Å²) in [5.74, 6) is 0.315. The number of hydrogen-bond acceptors (Lipinski definition) is 5. The van der Waals surface area contributed by atoms with Crippen LogP contribution in [0.2, 0.25) is 0 Å². The molecule has 0 saturated heterocycles. The first kappa shape index (κ1) is 20.4. The van der Waals surface area contributed by atoms with Crippen LogP contribution in [0.5, 0.6) is 0 Å². The molecule has 2 aromatic carbocycles. The molecule has 1 amide bonds. The first-order valence-corrected chi connectivity index (χ1v) is 12.3. The molecule has 0 fully saturated rings. The van der Waals surface area contributed by atoms with Gasteiger partial charge in [0.1, 0.15) is 0 Å². The van der Waals surface area contributed by atoms with Crippen molar-refractivity contribution in [3.05, 3.63) is 81.8 Å². The largest absolute Gasteiger partial charge is 0.311 e. The lowest BCUT2D eigenvalue weighted by molar-refractivity contribution is -0.116. The fourth-order valence-corrected chi connectivity index (χ4v) is 6.15. The molecule has 1 aromatic heterocycles. The van der Waals surface area contributed by atoms with E-state index in [0.717, 1.165) is 34.7 Å².